The van der Waals surface area contributed by atoms with E-state index in [0.717, 1.165) is 11.3 Å². The summed E-state index contributed by atoms with van der Waals surface area (Å²) in [5.41, 5.74) is 7.52. The highest BCUT2D eigenvalue weighted by Gasteiger charge is 2.23. The maximum absolute atomic E-state index is 13.6. The number of benzene rings is 1. The van der Waals surface area contributed by atoms with Crippen LogP contribution in [-0.4, -0.2) is 28.8 Å². The molecule has 0 spiro atoms. The molecular formula is C16H14FN3O2S2. The smallest absolute Gasteiger partial charge is 0.350 e. The second-order valence-corrected chi connectivity index (χ2v) is 6.59. The maximum Gasteiger partial charge on any atom is 0.350 e. The summed E-state index contributed by atoms with van der Waals surface area (Å²) in [6.07, 6.45) is 1.85. The van der Waals surface area contributed by atoms with Gasteiger partial charge in [0.15, 0.2) is 5.16 Å². The lowest BCUT2D eigenvalue weighted by molar-refractivity contribution is 0.0533. The molecule has 124 valence electrons. The van der Waals surface area contributed by atoms with E-state index in [4.69, 9.17) is 10.5 Å². The van der Waals surface area contributed by atoms with Gasteiger partial charge in [0.05, 0.1) is 23.4 Å². The Hall–Kier alpha value is -2.19. The Morgan fingerprint density at radius 2 is 2.21 bits per heavy atom. The lowest BCUT2D eigenvalue weighted by atomic mass is 10.1. The number of ether oxygens (including phenoxy) is 1. The molecule has 3 rings (SSSR count). The molecule has 0 unspecified atom stereocenters. The van der Waals surface area contributed by atoms with Crippen molar-refractivity contribution >= 4 is 45.0 Å². The van der Waals surface area contributed by atoms with Crippen molar-refractivity contribution in [2.45, 2.75) is 12.1 Å². The van der Waals surface area contributed by atoms with E-state index in [0.29, 0.717) is 26.6 Å². The standard InChI is InChI=1S/C16H14FN3O2S2/c1-3-22-15(21)13-11(18)10-12(8-5-4-6-9(17)7-8)19-16(23-2)20-14(10)24-13/h4-7H,3,18H2,1-2H3. The Morgan fingerprint density at radius 3 is 2.88 bits per heavy atom. The highest BCUT2D eigenvalue weighted by Crippen LogP contribution is 2.39. The van der Waals surface area contributed by atoms with E-state index >= 15 is 0 Å². The van der Waals surface area contributed by atoms with Gasteiger partial charge < -0.3 is 10.5 Å². The van der Waals surface area contributed by atoms with Crippen molar-refractivity contribution in [3.05, 3.63) is 35.0 Å². The van der Waals surface area contributed by atoms with Gasteiger partial charge in [0.1, 0.15) is 15.5 Å². The van der Waals surface area contributed by atoms with Crippen LogP contribution in [0.2, 0.25) is 0 Å². The molecule has 1 aromatic carbocycles. The number of fused-ring (bicyclic) bond motifs is 1. The Bertz CT molecular complexity index is 927. The summed E-state index contributed by atoms with van der Waals surface area (Å²) in [5.74, 6) is -0.863. The summed E-state index contributed by atoms with van der Waals surface area (Å²) >= 11 is 2.52. The number of nitrogens with two attached hydrogens (primary N) is 1. The van der Waals surface area contributed by atoms with Crippen molar-refractivity contribution in [1.29, 1.82) is 0 Å². The SMILES string of the molecule is CCOC(=O)c1sc2nc(SC)nc(-c3cccc(F)c3)c2c1N. The number of halogens is 1. The van der Waals surface area contributed by atoms with Gasteiger partial charge in [0.25, 0.3) is 0 Å². The number of rotatable bonds is 4. The molecule has 0 aliphatic carbocycles. The summed E-state index contributed by atoms with van der Waals surface area (Å²) in [7, 11) is 0. The molecule has 0 fully saturated rings. The number of carbonyl (C=O) groups is 1. The lowest BCUT2D eigenvalue weighted by Crippen LogP contribution is -2.05. The molecular weight excluding hydrogens is 349 g/mol. The molecule has 5 nitrogen and oxygen atoms in total. The number of carbonyl (C=O) groups excluding carboxylic acids is 1. The van der Waals surface area contributed by atoms with Crippen LogP contribution < -0.4 is 5.73 Å². The number of nitrogens with zero attached hydrogens (tertiary/aromatic N) is 2. The van der Waals surface area contributed by atoms with Crippen molar-refractivity contribution < 1.29 is 13.9 Å². The Labute approximate surface area is 146 Å². The van der Waals surface area contributed by atoms with Crippen molar-refractivity contribution in [2.24, 2.45) is 0 Å². The summed E-state index contributed by atoms with van der Waals surface area (Å²) in [5, 5.41) is 1.07. The zero-order valence-corrected chi connectivity index (χ0v) is 14.6. The van der Waals surface area contributed by atoms with Gasteiger partial charge in [-0.05, 0) is 25.3 Å². The summed E-state index contributed by atoms with van der Waals surface area (Å²) in [4.78, 5) is 21.8. The predicted molar refractivity (Wildman–Crippen MR) is 95.0 cm³/mol. The van der Waals surface area contributed by atoms with E-state index in [2.05, 4.69) is 9.97 Å². The van der Waals surface area contributed by atoms with Gasteiger partial charge in [-0.2, -0.15) is 0 Å². The topological polar surface area (TPSA) is 78.1 Å². The Kier molecular flexibility index (Phi) is 4.68. The zero-order chi connectivity index (χ0) is 17.3. The molecule has 0 atom stereocenters. The van der Waals surface area contributed by atoms with Gasteiger partial charge in [-0.25, -0.2) is 19.2 Å². The maximum atomic E-state index is 13.6. The third-order valence-corrected chi connectivity index (χ3v) is 4.94. The third-order valence-electron chi connectivity index (χ3n) is 3.31. The Balaban J connectivity index is 2.29. The fourth-order valence-electron chi connectivity index (χ4n) is 2.29. The van der Waals surface area contributed by atoms with Crippen LogP contribution in [0.3, 0.4) is 0 Å². The van der Waals surface area contributed by atoms with Gasteiger partial charge in [-0.1, -0.05) is 23.9 Å². The van der Waals surface area contributed by atoms with E-state index in [9.17, 15) is 9.18 Å². The molecule has 24 heavy (non-hydrogen) atoms. The number of hydrogen-bond acceptors (Lipinski definition) is 7. The molecule has 0 radical (unpaired) electrons. The lowest BCUT2D eigenvalue weighted by Gasteiger charge is -2.06. The number of esters is 1. The van der Waals surface area contributed by atoms with Crippen molar-refractivity contribution in [3.8, 4) is 11.3 Å². The largest absolute Gasteiger partial charge is 0.462 e. The van der Waals surface area contributed by atoms with Crippen LogP contribution in [0, 0.1) is 5.82 Å². The van der Waals surface area contributed by atoms with Crippen LogP contribution in [0.1, 0.15) is 16.6 Å². The number of anilines is 1. The quantitative estimate of drug-likeness (QED) is 0.429. The normalized spacial score (nSPS) is 11.0. The highest BCUT2D eigenvalue weighted by molar-refractivity contribution is 7.98. The first kappa shape index (κ1) is 16.7. The van der Waals surface area contributed by atoms with Gasteiger partial charge in [0.2, 0.25) is 0 Å². The number of aromatic nitrogens is 2. The van der Waals surface area contributed by atoms with E-state index in [1.54, 1.807) is 19.1 Å². The van der Waals surface area contributed by atoms with E-state index in [1.165, 1.54) is 23.9 Å². The van der Waals surface area contributed by atoms with Gasteiger partial charge in [-0.15, -0.1) is 11.3 Å². The molecule has 3 aromatic rings. The van der Waals surface area contributed by atoms with Gasteiger partial charge in [-0.3, -0.25) is 0 Å². The molecule has 0 aliphatic heterocycles. The fourth-order valence-corrected chi connectivity index (χ4v) is 3.70. The first-order valence-electron chi connectivity index (χ1n) is 7.12. The minimum absolute atomic E-state index is 0.255. The van der Waals surface area contributed by atoms with Gasteiger partial charge in [0, 0.05) is 5.56 Å². The minimum atomic E-state index is -0.492. The first-order valence-corrected chi connectivity index (χ1v) is 9.16. The molecule has 0 saturated heterocycles. The predicted octanol–water partition coefficient (Wildman–Crippen LogP) is 3.98. The number of hydrogen-bond donors (Lipinski definition) is 1. The fraction of sp³-hybridized carbons (Fsp3) is 0.188. The molecule has 8 heteroatoms. The molecule has 0 bridgehead atoms. The van der Waals surface area contributed by atoms with Crippen molar-refractivity contribution in [3.63, 3.8) is 0 Å². The van der Waals surface area contributed by atoms with Crippen molar-refractivity contribution in [2.75, 3.05) is 18.6 Å². The molecule has 2 aromatic heterocycles. The zero-order valence-electron chi connectivity index (χ0n) is 13.0. The monoisotopic (exact) mass is 363 g/mol. The average Bonchev–Trinajstić information content (AvgIpc) is 2.91. The van der Waals surface area contributed by atoms with Crippen molar-refractivity contribution in [1.82, 2.24) is 9.97 Å². The third kappa shape index (κ3) is 2.94. The second kappa shape index (κ2) is 6.74. The van der Waals surface area contributed by atoms with Crippen LogP contribution in [0.15, 0.2) is 29.4 Å². The molecule has 0 saturated carbocycles. The van der Waals surface area contributed by atoms with Crippen LogP contribution in [0.5, 0.6) is 0 Å². The number of nitrogen functional groups attached to an aromatic ring is 1. The van der Waals surface area contributed by atoms with E-state index in [1.807, 2.05) is 6.26 Å². The minimum Gasteiger partial charge on any atom is -0.462 e. The summed E-state index contributed by atoms with van der Waals surface area (Å²) < 4.78 is 18.7. The second-order valence-electron chi connectivity index (χ2n) is 4.81. The Morgan fingerprint density at radius 1 is 1.42 bits per heavy atom. The molecule has 0 aliphatic rings. The number of thiophene rings is 1. The van der Waals surface area contributed by atoms with Crippen LogP contribution in [0.4, 0.5) is 10.1 Å². The van der Waals surface area contributed by atoms with E-state index in [-0.39, 0.29) is 23.0 Å². The van der Waals surface area contributed by atoms with Crippen LogP contribution >= 0.6 is 23.1 Å². The average molecular weight is 363 g/mol. The first-order chi connectivity index (χ1) is 11.5. The molecule has 2 N–H and O–H groups in total. The van der Waals surface area contributed by atoms with E-state index < -0.39 is 5.97 Å². The summed E-state index contributed by atoms with van der Waals surface area (Å²) in [6.45, 7) is 1.98. The molecule has 0 amide bonds. The van der Waals surface area contributed by atoms with Gasteiger partial charge >= 0.3 is 5.97 Å². The highest BCUT2D eigenvalue weighted by atomic mass is 32.2. The summed E-state index contributed by atoms with van der Waals surface area (Å²) in [6, 6.07) is 6.09. The number of thioether (sulfide) groups is 1. The van der Waals surface area contributed by atoms with Crippen LogP contribution in [-0.2, 0) is 4.74 Å². The van der Waals surface area contributed by atoms with Crippen LogP contribution in [0.25, 0.3) is 21.5 Å². The molecule has 2 heterocycles.